The van der Waals surface area contributed by atoms with Gasteiger partial charge in [-0.1, -0.05) is 5.10 Å². The summed E-state index contributed by atoms with van der Waals surface area (Å²) < 4.78 is 5.35. The van der Waals surface area contributed by atoms with Crippen molar-refractivity contribution in [2.24, 2.45) is 0 Å². The summed E-state index contributed by atoms with van der Waals surface area (Å²) >= 11 is 0. The van der Waals surface area contributed by atoms with Crippen LogP contribution in [-0.4, -0.2) is 57.2 Å². The molecule has 27 heavy (non-hydrogen) atoms. The maximum absolute atomic E-state index is 12.5. The van der Waals surface area contributed by atoms with Gasteiger partial charge in [-0.3, -0.25) is 20.1 Å². The van der Waals surface area contributed by atoms with Gasteiger partial charge >= 0.3 is 17.8 Å². The number of nitrogens with zero attached hydrogens (tertiary/aromatic N) is 6. The first-order chi connectivity index (χ1) is 13.3. The molecule has 4 heterocycles. The zero-order valence-corrected chi connectivity index (χ0v) is 14.3. The van der Waals surface area contributed by atoms with Crippen molar-refractivity contribution in [3.8, 4) is 0 Å². The lowest BCUT2D eigenvalue weighted by molar-refractivity contribution is 0.0991. The number of carbonyl (C=O) groups is 1. The molecule has 0 radical (unpaired) electrons. The van der Waals surface area contributed by atoms with Gasteiger partial charge in [-0.05, 0) is 6.07 Å². The fourth-order valence-electron chi connectivity index (χ4n) is 2.68. The van der Waals surface area contributed by atoms with E-state index in [9.17, 15) is 4.79 Å². The van der Waals surface area contributed by atoms with Gasteiger partial charge in [0.05, 0.1) is 23.8 Å². The number of aromatic nitrogens is 5. The summed E-state index contributed by atoms with van der Waals surface area (Å²) in [5.74, 6) is -0.253. The first-order valence-corrected chi connectivity index (χ1v) is 8.37. The minimum Gasteiger partial charge on any atom is -0.399 e. The molecule has 3 N–H and O–H groups in total. The van der Waals surface area contributed by atoms with Crippen LogP contribution in [0.25, 0.3) is 0 Å². The maximum Gasteiger partial charge on any atom is 0.321 e. The molecule has 4 rings (SSSR count). The Balaban J connectivity index is 1.47. The Morgan fingerprint density at radius 2 is 1.96 bits per heavy atom. The first-order valence-electron chi connectivity index (χ1n) is 8.37. The quantitative estimate of drug-likeness (QED) is 0.590. The molecule has 0 saturated carbocycles. The highest BCUT2D eigenvalue weighted by Gasteiger charge is 2.19. The molecule has 0 bridgehead atoms. The number of nitrogens with one attached hydrogen (secondary N) is 3. The number of pyridine rings is 1. The van der Waals surface area contributed by atoms with Crippen LogP contribution in [0.1, 0.15) is 10.7 Å². The number of carbonyl (C=O) groups excluding carboxylic acids is 1. The van der Waals surface area contributed by atoms with Crippen LogP contribution in [0, 0.1) is 0 Å². The lowest BCUT2D eigenvalue weighted by atomic mass is 10.2. The van der Waals surface area contributed by atoms with E-state index < -0.39 is 5.91 Å². The van der Waals surface area contributed by atoms with Crippen molar-refractivity contribution < 1.29 is 9.21 Å². The molecule has 1 amide bonds. The van der Waals surface area contributed by atoms with E-state index in [0.29, 0.717) is 11.5 Å². The fraction of sp³-hybridized carbons (Fsp3) is 0.250. The normalized spacial score (nSPS) is 14.0. The SMILES string of the molecule is O=C(Nc1cnccc1N1CCNCC1)c1nnc(Nc2cnccn2)o1. The van der Waals surface area contributed by atoms with Crippen LogP contribution >= 0.6 is 0 Å². The van der Waals surface area contributed by atoms with Gasteiger partial charge in [0.25, 0.3) is 0 Å². The minimum absolute atomic E-state index is 0.0502. The van der Waals surface area contributed by atoms with Gasteiger partial charge in [0, 0.05) is 44.8 Å². The summed E-state index contributed by atoms with van der Waals surface area (Å²) in [7, 11) is 0. The van der Waals surface area contributed by atoms with E-state index in [1.165, 1.54) is 12.4 Å². The molecule has 0 unspecified atom stereocenters. The average molecular weight is 367 g/mol. The Kier molecular flexibility index (Phi) is 4.83. The molecule has 3 aromatic rings. The van der Waals surface area contributed by atoms with Crippen molar-refractivity contribution in [2.75, 3.05) is 41.7 Å². The molecule has 0 aliphatic carbocycles. The third kappa shape index (κ3) is 3.98. The van der Waals surface area contributed by atoms with Gasteiger partial charge in [0.2, 0.25) is 0 Å². The molecule has 1 aliphatic heterocycles. The van der Waals surface area contributed by atoms with Crippen molar-refractivity contribution >= 4 is 29.1 Å². The van der Waals surface area contributed by atoms with Crippen molar-refractivity contribution in [3.63, 3.8) is 0 Å². The topological polar surface area (TPSA) is 134 Å². The summed E-state index contributed by atoms with van der Waals surface area (Å²) in [6.07, 6.45) is 7.86. The van der Waals surface area contributed by atoms with Gasteiger partial charge in [-0.2, -0.15) is 0 Å². The van der Waals surface area contributed by atoms with Gasteiger partial charge in [0.15, 0.2) is 5.82 Å². The lowest BCUT2D eigenvalue weighted by Crippen LogP contribution is -2.43. The zero-order valence-electron chi connectivity index (χ0n) is 14.3. The van der Waals surface area contributed by atoms with Crippen LogP contribution in [-0.2, 0) is 0 Å². The number of piperazine rings is 1. The standard InChI is InChI=1S/C16H17N9O2/c26-14(15-23-24-16(27-15)22-13-10-19-3-4-20-13)21-11-9-18-2-1-12(11)25-7-5-17-6-8-25/h1-4,9-10,17H,5-8H2,(H,21,26)(H,20,22,24). The fourth-order valence-corrected chi connectivity index (χ4v) is 2.68. The number of anilines is 4. The molecule has 11 heteroatoms. The Morgan fingerprint density at radius 3 is 2.78 bits per heavy atom. The van der Waals surface area contributed by atoms with Crippen LogP contribution in [0.4, 0.5) is 23.2 Å². The Hall–Kier alpha value is -3.60. The molecule has 0 atom stereocenters. The maximum atomic E-state index is 12.5. The van der Waals surface area contributed by atoms with Crippen molar-refractivity contribution in [2.45, 2.75) is 0 Å². The van der Waals surface area contributed by atoms with Gasteiger partial charge in [-0.25, -0.2) is 4.98 Å². The predicted octanol–water partition coefficient (Wildman–Crippen LogP) is 0.660. The van der Waals surface area contributed by atoms with E-state index in [0.717, 1.165) is 31.9 Å². The van der Waals surface area contributed by atoms with Crippen LogP contribution in [0.15, 0.2) is 41.5 Å². The summed E-state index contributed by atoms with van der Waals surface area (Å²) in [5, 5.41) is 16.4. The predicted molar refractivity (Wildman–Crippen MR) is 96.9 cm³/mol. The highest BCUT2D eigenvalue weighted by molar-refractivity contribution is 6.02. The third-order valence-corrected chi connectivity index (χ3v) is 3.92. The van der Waals surface area contributed by atoms with E-state index in [2.05, 4.69) is 46.0 Å². The van der Waals surface area contributed by atoms with E-state index in [4.69, 9.17) is 4.42 Å². The van der Waals surface area contributed by atoms with Crippen molar-refractivity contribution in [1.29, 1.82) is 0 Å². The molecular weight excluding hydrogens is 350 g/mol. The number of hydrogen-bond donors (Lipinski definition) is 3. The summed E-state index contributed by atoms with van der Waals surface area (Å²) in [6.45, 7) is 3.47. The summed E-state index contributed by atoms with van der Waals surface area (Å²) in [4.78, 5) is 26.7. The Bertz CT molecular complexity index is 909. The van der Waals surface area contributed by atoms with E-state index in [1.54, 1.807) is 18.6 Å². The van der Waals surface area contributed by atoms with Crippen molar-refractivity contribution in [3.05, 3.63) is 42.9 Å². The second-order valence-electron chi connectivity index (χ2n) is 5.71. The zero-order chi connectivity index (χ0) is 18.5. The van der Waals surface area contributed by atoms with E-state index in [1.807, 2.05) is 6.07 Å². The number of rotatable bonds is 5. The molecule has 0 aromatic carbocycles. The van der Waals surface area contributed by atoms with Crippen LogP contribution < -0.4 is 20.9 Å². The smallest absolute Gasteiger partial charge is 0.321 e. The number of hydrogen-bond acceptors (Lipinski definition) is 10. The largest absolute Gasteiger partial charge is 0.399 e. The lowest BCUT2D eigenvalue weighted by Gasteiger charge is -2.30. The molecule has 138 valence electrons. The molecule has 11 nitrogen and oxygen atoms in total. The molecule has 1 fully saturated rings. The van der Waals surface area contributed by atoms with Gasteiger partial charge < -0.3 is 20.0 Å². The summed E-state index contributed by atoms with van der Waals surface area (Å²) in [5.41, 5.74) is 1.49. The van der Waals surface area contributed by atoms with Gasteiger partial charge in [-0.15, -0.1) is 5.10 Å². The molecular formula is C16H17N9O2. The highest BCUT2D eigenvalue weighted by Crippen LogP contribution is 2.25. The number of amides is 1. The third-order valence-electron chi connectivity index (χ3n) is 3.92. The monoisotopic (exact) mass is 367 g/mol. The average Bonchev–Trinajstić information content (AvgIpc) is 3.18. The summed E-state index contributed by atoms with van der Waals surface area (Å²) in [6, 6.07) is 1.92. The molecule has 1 saturated heterocycles. The highest BCUT2D eigenvalue weighted by atomic mass is 16.4. The van der Waals surface area contributed by atoms with Crippen molar-refractivity contribution in [1.82, 2.24) is 30.5 Å². The minimum atomic E-state index is -0.515. The second-order valence-corrected chi connectivity index (χ2v) is 5.71. The molecule has 3 aromatic heterocycles. The first kappa shape index (κ1) is 16.8. The van der Waals surface area contributed by atoms with E-state index in [-0.39, 0.29) is 11.9 Å². The van der Waals surface area contributed by atoms with Crippen LogP contribution in [0.5, 0.6) is 0 Å². The van der Waals surface area contributed by atoms with E-state index >= 15 is 0 Å². The molecule has 1 aliphatic rings. The van der Waals surface area contributed by atoms with Crippen LogP contribution in [0.3, 0.4) is 0 Å². The Labute approximate surface area is 154 Å². The second kappa shape index (κ2) is 7.74. The molecule has 0 spiro atoms. The Morgan fingerprint density at radius 1 is 1.11 bits per heavy atom. The van der Waals surface area contributed by atoms with Gasteiger partial charge in [0.1, 0.15) is 0 Å². The van der Waals surface area contributed by atoms with Crippen LogP contribution in [0.2, 0.25) is 0 Å².